The molecule has 1 fully saturated rings. The average Bonchev–Trinajstić information content (AvgIpc) is 2.56. The number of rotatable bonds is 0. The van der Waals surface area contributed by atoms with Gasteiger partial charge in [-0.15, -0.1) is 11.6 Å². The number of benzene rings is 1. The van der Waals surface area contributed by atoms with Gasteiger partial charge in [0.15, 0.2) is 0 Å². The Labute approximate surface area is 82.3 Å². The maximum atomic E-state index is 9.75. The molecule has 1 saturated carbocycles. The largest absolute Gasteiger partial charge is 0.392 e. The molecule has 68 valence electrons. The van der Waals surface area contributed by atoms with Crippen LogP contribution in [0.25, 0.3) is 0 Å². The van der Waals surface area contributed by atoms with Crippen molar-refractivity contribution in [1.29, 1.82) is 0 Å². The Bertz CT molecular complexity index is 350. The fourth-order valence-electron chi connectivity index (χ4n) is 2.83. The highest BCUT2D eigenvalue weighted by atomic mass is 35.5. The summed E-state index contributed by atoms with van der Waals surface area (Å²) in [6.45, 7) is 0. The van der Waals surface area contributed by atoms with Gasteiger partial charge in [-0.1, -0.05) is 24.3 Å². The molecule has 0 spiro atoms. The first-order chi connectivity index (χ1) is 6.29. The molecular formula is C11H11ClO. The Kier molecular flexibility index (Phi) is 1.50. The molecule has 13 heavy (non-hydrogen) atoms. The molecule has 2 heteroatoms. The standard InChI is InChI=1S/C11H11ClO/c12-11-8-5-9(13)10(11)7-4-2-1-3-6(7)8/h1-4,8-11,13H,5H2/t8-,9-,10+,11+/m0/s1. The summed E-state index contributed by atoms with van der Waals surface area (Å²) in [5, 5.41) is 9.87. The predicted molar refractivity (Wildman–Crippen MR) is 52.2 cm³/mol. The minimum Gasteiger partial charge on any atom is -0.392 e. The SMILES string of the molecule is O[C@H]1C[C@H]2c3ccccc3[C@H]1[C@@H]2Cl. The molecule has 1 aromatic carbocycles. The lowest BCUT2D eigenvalue weighted by Crippen LogP contribution is -2.16. The molecule has 1 aromatic rings. The molecule has 1 N–H and O–H groups in total. The number of hydrogen-bond donors (Lipinski definition) is 1. The molecule has 2 aliphatic rings. The molecule has 2 bridgehead atoms. The van der Waals surface area contributed by atoms with Crippen molar-refractivity contribution in [3.63, 3.8) is 0 Å². The van der Waals surface area contributed by atoms with Crippen molar-refractivity contribution >= 4 is 11.6 Å². The quantitative estimate of drug-likeness (QED) is 0.628. The second-order valence-electron chi connectivity index (χ2n) is 4.01. The van der Waals surface area contributed by atoms with Crippen molar-refractivity contribution in [1.82, 2.24) is 0 Å². The number of aliphatic hydroxyl groups is 1. The van der Waals surface area contributed by atoms with Gasteiger partial charge in [-0.3, -0.25) is 0 Å². The zero-order valence-electron chi connectivity index (χ0n) is 7.15. The van der Waals surface area contributed by atoms with E-state index in [-0.39, 0.29) is 17.4 Å². The Morgan fingerprint density at radius 3 is 2.69 bits per heavy atom. The fraction of sp³-hybridized carbons (Fsp3) is 0.455. The van der Waals surface area contributed by atoms with Crippen molar-refractivity contribution in [2.75, 3.05) is 0 Å². The molecule has 2 aliphatic carbocycles. The van der Waals surface area contributed by atoms with Gasteiger partial charge in [0.05, 0.1) is 6.10 Å². The van der Waals surface area contributed by atoms with E-state index in [1.54, 1.807) is 0 Å². The summed E-state index contributed by atoms with van der Waals surface area (Å²) >= 11 is 6.28. The van der Waals surface area contributed by atoms with Gasteiger partial charge in [-0.25, -0.2) is 0 Å². The van der Waals surface area contributed by atoms with Gasteiger partial charge in [-0.2, -0.15) is 0 Å². The summed E-state index contributed by atoms with van der Waals surface area (Å²) in [7, 11) is 0. The average molecular weight is 195 g/mol. The summed E-state index contributed by atoms with van der Waals surface area (Å²) in [4.78, 5) is 0. The predicted octanol–water partition coefficient (Wildman–Crippen LogP) is 2.24. The van der Waals surface area contributed by atoms with E-state index >= 15 is 0 Å². The first-order valence-electron chi connectivity index (χ1n) is 4.70. The first kappa shape index (κ1) is 7.84. The summed E-state index contributed by atoms with van der Waals surface area (Å²) in [6.07, 6.45) is 0.623. The van der Waals surface area contributed by atoms with Gasteiger partial charge >= 0.3 is 0 Å². The highest BCUT2D eigenvalue weighted by Gasteiger charge is 2.49. The molecule has 0 amide bonds. The Hall–Kier alpha value is -0.530. The van der Waals surface area contributed by atoms with E-state index in [0.29, 0.717) is 5.92 Å². The van der Waals surface area contributed by atoms with E-state index < -0.39 is 0 Å². The van der Waals surface area contributed by atoms with E-state index in [0.717, 1.165) is 6.42 Å². The van der Waals surface area contributed by atoms with Gasteiger partial charge in [0.25, 0.3) is 0 Å². The second kappa shape index (κ2) is 2.49. The fourth-order valence-corrected chi connectivity index (χ4v) is 3.37. The van der Waals surface area contributed by atoms with Gasteiger partial charge in [-0.05, 0) is 17.5 Å². The smallest absolute Gasteiger partial charge is 0.0629 e. The normalized spacial score (nSPS) is 40.8. The van der Waals surface area contributed by atoms with Crippen molar-refractivity contribution in [2.45, 2.75) is 29.7 Å². The van der Waals surface area contributed by atoms with Crippen LogP contribution in [0.3, 0.4) is 0 Å². The molecule has 0 saturated heterocycles. The van der Waals surface area contributed by atoms with Crippen LogP contribution in [0.15, 0.2) is 24.3 Å². The van der Waals surface area contributed by atoms with Crippen molar-refractivity contribution < 1.29 is 5.11 Å². The first-order valence-corrected chi connectivity index (χ1v) is 5.13. The van der Waals surface area contributed by atoms with E-state index in [4.69, 9.17) is 11.6 Å². The topological polar surface area (TPSA) is 20.2 Å². The molecular weight excluding hydrogens is 184 g/mol. The third-order valence-corrected chi connectivity index (χ3v) is 3.97. The molecule has 0 aromatic heterocycles. The number of hydrogen-bond acceptors (Lipinski definition) is 1. The van der Waals surface area contributed by atoms with Crippen molar-refractivity contribution in [3.05, 3.63) is 35.4 Å². The molecule has 0 heterocycles. The minimum absolute atomic E-state index is 0.118. The number of alkyl halides is 1. The number of aliphatic hydroxyl groups excluding tert-OH is 1. The van der Waals surface area contributed by atoms with Crippen LogP contribution in [-0.2, 0) is 0 Å². The zero-order chi connectivity index (χ0) is 9.00. The second-order valence-corrected chi connectivity index (χ2v) is 4.51. The van der Waals surface area contributed by atoms with Crippen LogP contribution in [0, 0.1) is 0 Å². The van der Waals surface area contributed by atoms with E-state index in [1.165, 1.54) is 11.1 Å². The van der Waals surface area contributed by atoms with Gasteiger partial charge < -0.3 is 5.11 Å². The molecule has 0 unspecified atom stereocenters. The lowest BCUT2D eigenvalue weighted by molar-refractivity contribution is 0.158. The van der Waals surface area contributed by atoms with Gasteiger partial charge in [0.1, 0.15) is 0 Å². The van der Waals surface area contributed by atoms with Crippen molar-refractivity contribution in [3.8, 4) is 0 Å². The number of halogens is 1. The summed E-state index contributed by atoms with van der Waals surface area (Å²) in [6, 6.07) is 8.31. The molecule has 0 radical (unpaired) electrons. The third-order valence-electron chi connectivity index (χ3n) is 3.39. The molecule has 0 aliphatic heterocycles. The maximum Gasteiger partial charge on any atom is 0.0629 e. The van der Waals surface area contributed by atoms with Gasteiger partial charge in [0, 0.05) is 17.2 Å². The summed E-state index contributed by atoms with van der Waals surface area (Å²) < 4.78 is 0. The maximum absolute atomic E-state index is 9.75. The minimum atomic E-state index is -0.220. The lowest BCUT2D eigenvalue weighted by atomic mass is 9.90. The van der Waals surface area contributed by atoms with Crippen LogP contribution in [0.4, 0.5) is 0 Å². The Morgan fingerprint density at radius 2 is 1.92 bits per heavy atom. The zero-order valence-corrected chi connectivity index (χ0v) is 7.91. The molecule has 1 nitrogen and oxygen atoms in total. The summed E-state index contributed by atoms with van der Waals surface area (Å²) in [5.41, 5.74) is 2.63. The van der Waals surface area contributed by atoms with Crippen LogP contribution < -0.4 is 0 Å². The van der Waals surface area contributed by atoms with E-state index in [9.17, 15) is 5.11 Å². The van der Waals surface area contributed by atoms with Crippen LogP contribution >= 0.6 is 11.6 Å². The van der Waals surface area contributed by atoms with Crippen LogP contribution in [0.2, 0.25) is 0 Å². The summed E-state index contributed by atoms with van der Waals surface area (Å²) in [5.74, 6) is 0.570. The van der Waals surface area contributed by atoms with E-state index in [1.807, 2.05) is 6.07 Å². The Morgan fingerprint density at radius 1 is 1.23 bits per heavy atom. The third kappa shape index (κ3) is 0.866. The van der Waals surface area contributed by atoms with Crippen LogP contribution in [0.5, 0.6) is 0 Å². The molecule has 3 rings (SSSR count). The highest BCUT2D eigenvalue weighted by Crippen LogP contribution is 2.55. The van der Waals surface area contributed by atoms with Gasteiger partial charge in [0.2, 0.25) is 0 Å². The molecule has 4 atom stereocenters. The van der Waals surface area contributed by atoms with E-state index in [2.05, 4.69) is 18.2 Å². The van der Waals surface area contributed by atoms with Crippen LogP contribution in [0.1, 0.15) is 29.4 Å². The van der Waals surface area contributed by atoms with Crippen LogP contribution in [-0.4, -0.2) is 16.6 Å². The monoisotopic (exact) mass is 194 g/mol. The van der Waals surface area contributed by atoms with Crippen molar-refractivity contribution in [2.24, 2.45) is 0 Å². The lowest BCUT2D eigenvalue weighted by Gasteiger charge is -2.19. The highest BCUT2D eigenvalue weighted by molar-refractivity contribution is 6.22. The Balaban J connectivity index is 2.18. The number of fused-ring (bicyclic) bond motifs is 5.